The Bertz CT molecular complexity index is 2940. The van der Waals surface area contributed by atoms with Crippen LogP contribution in [0.4, 0.5) is 60.5 Å². The first-order chi connectivity index (χ1) is 32.8. The minimum Gasteiger partial charge on any atom is -0.324 e. The molecule has 0 aliphatic carbocycles. The van der Waals surface area contributed by atoms with E-state index in [1.807, 2.05) is 0 Å². The van der Waals surface area contributed by atoms with Gasteiger partial charge in [-0.2, -0.15) is 46.8 Å². The SMILES string of the molecule is CCc1cc(NC(=O)C(N=Nc2cc(Cl)cc(C(=O)Nc3c(Cl)cccc3C(F)(F)F)c2)C(C)=O)cc(CC)c1NC(=O)C(N=Nc1cc(Cl)cc(C(=O)Nc2c(Cl)cccc2C(F)(F)F)c1)C(C)=O. The molecule has 2 atom stereocenters. The Morgan fingerprint density at radius 3 is 1.27 bits per heavy atom. The number of aryl methyl sites for hydroxylation is 2. The predicted octanol–water partition coefficient (Wildman–Crippen LogP) is 13.3. The molecule has 5 aromatic rings. The van der Waals surface area contributed by atoms with Gasteiger partial charge >= 0.3 is 12.4 Å². The molecule has 4 N–H and O–H groups in total. The number of alkyl halides is 6. The number of halogens is 10. The van der Waals surface area contributed by atoms with Crippen molar-refractivity contribution >= 4 is 116 Å². The molecule has 0 saturated heterocycles. The largest absolute Gasteiger partial charge is 0.418 e. The summed E-state index contributed by atoms with van der Waals surface area (Å²) in [5, 5.41) is 24.2. The van der Waals surface area contributed by atoms with Crippen molar-refractivity contribution in [2.24, 2.45) is 20.5 Å². The van der Waals surface area contributed by atoms with Crippen LogP contribution in [0, 0.1) is 0 Å². The topological polar surface area (TPSA) is 200 Å². The minimum absolute atomic E-state index is 0.0895. The number of hydrogen-bond acceptors (Lipinski definition) is 10. The maximum absolute atomic E-state index is 13.7. The summed E-state index contributed by atoms with van der Waals surface area (Å²) in [7, 11) is 0. The highest BCUT2D eigenvalue weighted by Crippen LogP contribution is 2.40. The zero-order valence-electron chi connectivity index (χ0n) is 36.7. The maximum Gasteiger partial charge on any atom is 0.418 e. The summed E-state index contributed by atoms with van der Waals surface area (Å²) in [6.07, 6.45) is -9.18. The average molecular weight is 1050 g/mol. The Morgan fingerprint density at radius 1 is 0.529 bits per heavy atom. The van der Waals surface area contributed by atoms with Gasteiger partial charge in [0.15, 0.2) is 11.6 Å². The first-order valence-corrected chi connectivity index (χ1v) is 21.9. The van der Waals surface area contributed by atoms with Gasteiger partial charge in [-0.3, -0.25) is 28.8 Å². The lowest BCUT2D eigenvalue weighted by molar-refractivity contribution is -0.137. The maximum atomic E-state index is 13.7. The van der Waals surface area contributed by atoms with Crippen molar-refractivity contribution in [1.82, 2.24) is 0 Å². The van der Waals surface area contributed by atoms with E-state index in [0.717, 1.165) is 74.5 Å². The molecule has 0 aliphatic heterocycles. The van der Waals surface area contributed by atoms with E-state index in [4.69, 9.17) is 46.4 Å². The third kappa shape index (κ3) is 13.7. The first-order valence-electron chi connectivity index (χ1n) is 20.4. The number of para-hydroxylation sites is 2. The van der Waals surface area contributed by atoms with Gasteiger partial charge in [0, 0.05) is 32.5 Å². The van der Waals surface area contributed by atoms with E-state index in [1.165, 1.54) is 24.3 Å². The van der Waals surface area contributed by atoms with Crippen LogP contribution in [0.25, 0.3) is 0 Å². The molecule has 0 aliphatic rings. The van der Waals surface area contributed by atoms with Crippen LogP contribution in [-0.4, -0.2) is 47.3 Å². The lowest BCUT2D eigenvalue weighted by atomic mass is 10.0. The molecular formula is C46H36Cl4F6N8O6. The number of benzene rings is 5. The molecule has 70 heavy (non-hydrogen) atoms. The number of carbonyl (C=O) groups is 6. The molecule has 0 aromatic heterocycles. The monoisotopic (exact) mass is 1050 g/mol. The molecule has 24 heteroatoms. The van der Waals surface area contributed by atoms with E-state index < -0.39 is 82.1 Å². The highest BCUT2D eigenvalue weighted by Gasteiger charge is 2.36. The number of azo groups is 2. The van der Waals surface area contributed by atoms with Crippen LogP contribution in [0.2, 0.25) is 20.1 Å². The number of rotatable bonds is 16. The number of nitrogens with one attached hydrogen (secondary N) is 4. The second kappa shape index (κ2) is 22.8. The van der Waals surface area contributed by atoms with E-state index in [2.05, 4.69) is 41.7 Å². The van der Waals surface area contributed by atoms with Crippen LogP contribution in [0.5, 0.6) is 0 Å². The summed E-state index contributed by atoms with van der Waals surface area (Å²) < 4.78 is 81.8. The van der Waals surface area contributed by atoms with Crippen molar-refractivity contribution in [3.8, 4) is 0 Å². The van der Waals surface area contributed by atoms with Crippen LogP contribution in [0.3, 0.4) is 0 Å². The van der Waals surface area contributed by atoms with Gasteiger partial charge in [0.2, 0.25) is 12.1 Å². The Morgan fingerprint density at radius 2 is 0.914 bits per heavy atom. The standard InChI is InChI=1S/C46H36Cl4F6N8O6/c1-5-23-15-29(57-43(69)36(21(3)65)63-61-30-17-25(13-27(47)19-30)41(67)59-39-32(45(51,52)53)9-7-11-34(39)49)16-24(6-2)38(23)58-44(70)37(22(4)66)64-62-31-18-26(14-28(48)20-31)42(68)60-40-33(46(54,55)56)10-8-12-35(40)50/h7-20,36-37H,5-6H2,1-4H3,(H,57,69)(H,58,70)(H,59,67)(H,60,68). The fourth-order valence-electron chi connectivity index (χ4n) is 6.52. The van der Waals surface area contributed by atoms with Crippen molar-refractivity contribution in [2.45, 2.75) is 65.0 Å². The molecule has 14 nitrogen and oxygen atoms in total. The van der Waals surface area contributed by atoms with E-state index in [0.29, 0.717) is 11.1 Å². The number of anilines is 4. The molecule has 2 unspecified atom stereocenters. The second-order valence-corrected chi connectivity index (χ2v) is 16.6. The van der Waals surface area contributed by atoms with Gasteiger partial charge in [-0.05, 0) is 111 Å². The zero-order valence-corrected chi connectivity index (χ0v) is 39.7. The number of ketones is 2. The fraction of sp³-hybridized carbons (Fsp3) is 0.217. The van der Waals surface area contributed by atoms with Gasteiger partial charge in [-0.25, -0.2) is 0 Å². The van der Waals surface area contributed by atoms with Crippen molar-refractivity contribution in [1.29, 1.82) is 0 Å². The quantitative estimate of drug-likeness (QED) is 0.0430. The highest BCUT2D eigenvalue weighted by molar-refractivity contribution is 6.35. The Kier molecular flexibility index (Phi) is 17.6. The number of amides is 4. The summed E-state index contributed by atoms with van der Waals surface area (Å²) in [5.74, 6) is -5.46. The molecule has 5 rings (SSSR count). The van der Waals surface area contributed by atoms with Gasteiger partial charge in [0.25, 0.3) is 23.6 Å². The van der Waals surface area contributed by atoms with Crippen LogP contribution in [0.15, 0.2) is 105 Å². The van der Waals surface area contributed by atoms with Crippen molar-refractivity contribution < 1.29 is 55.1 Å². The molecule has 0 saturated carbocycles. The van der Waals surface area contributed by atoms with Crippen molar-refractivity contribution in [3.05, 3.63) is 138 Å². The Balaban J connectivity index is 1.33. The molecule has 5 aromatic carbocycles. The summed E-state index contributed by atoms with van der Waals surface area (Å²) in [5.41, 5.74) is -3.22. The van der Waals surface area contributed by atoms with Crippen LogP contribution in [-0.2, 0) is 44.4 Å². The first kappa shape index (κ1) is 54.2. The van der Waals surface area contributed by atoms with Crippen LogP contribution < -0.4 is 21.3 Å². The zero-order chi connectivity index (χ0) is 51.8. The second-order valence-electron chi connectivity index (χ2n) is 14.9. The molecule has 4 amide bonds. The number of hydrogen-bond donors (Lipinski definition) is 4. The molecule has 0 bridgehead atoms. The summed E-state index contributed by atoms with van der Waals surface area (Å²) in [6.45, 7) is 5.61. The molecule has 0 fully saturated rings. The van der Waals surface area contributed by atoms with Crippen molar-refractivity contribution in [2.75, 3.05) is 21.3 Å². The third-order valence-corrected chi connectivity index (χ3v) is 10.9. The van der Waals surface area contributed by atoms with E-state index in [9.17, 15) is 55.1 Å². The van der Waals surface area contributed by atoms with Gasteiger partial charge in [0.05, 0.1) is 43.9 Å². The molecule has 366 valence electrons. The average Bonchev–Trinajstić information content (AvgIpc) is 3.26. The van der Waals surface area contributed by atoms with Gasteiger partial charge in [-0.1, -0.05) is 72.4 Å². The van der Waals surface area contributed by atoms with Gasteiger partial charge in [0.1, 0.15) is 0 Å². The highest BCUT2D eigenvalue weighted by atomic mass is 35.5. The minimum atomic E-state index is -4.85. The smallest absolute Gasteiger partial charge is 0.324 e. The van der Waals surface area contributed by atoms with Gasteiger partial charge < -0.3 is 21.3 Å². The van der Waals surface area contributed by atoms with Crippen LogP contribution >= 0.6 is 46.4 Å². The van der Waals surface area contributed by atoms with E-state index >= 15 is 0 Å². The lowest BCUT2D eigenvalue weighted by Crippen LogP contribution is -2.33. The number of nitrogens with zero attached hydrogens (tertiary/aromatic N) is 4. The molecule has 0 radical (unpaired) electrons. The molecule has 0 spiro atoms. The third-order valence-electron chi connectivity index (χ3n) is 9.83. The van der Waals surface area contributed by atoms with E-state index in [-0.39, 0.29) is 66.8 Å². The fourth-order valence-corrected chi connectivity index (χ4v) is 7.42. The predicted molar refractivity (Wildman–Crippen MR) is 252 cm³/mol. The Labute approximate surface area is 414 Å². The normalized spacial score (nSPS) is 12.7. The summed E-state index contributed by atoms with van der Waals surface area (Å²) in [6, 6.07) is 12.3. The van der Waals surface area contributed by atoms with E-state index in [1.54, 1.807) is 13.8 Å². The number of Topliss-reactive ketones (excluding diaryl/α,β-unsaturated/α-hetero) is 2. The van der Waals surface area contributed by atoms with Gasteiger partial charge in [-0.15, -0.1) is 0 Å². The van der Waals surface area contributed by atoms with Crippen molar-refractivity contribution in [3.63, 3.8) is 0 Å². The van der Waals surface area contributed by atoms with Crippen LogP contribution in [0.1, 0.15) is 70.7 Å². The summed E-state index contributed by atoms with van der Waals surface area (Å²) >= 11 is 24.3. The molecule has 0 heterocycles. The summed E-state index contributed by atoms with van der Waals surface area (Å²) in [4.78, 5) is 78.8. The molecular weight excluding hydrogens is 1020 g/mol. The number of carbonyl (C=O) groups excluding carboxylic acids is 6. The lowest BCUT2D eigenvalue weighted by Gasteiger charge is -2.19. The Hall–Kier alpha value is -6.74.